The molecule has 0 aliphatic carbocycles. The van der Waals surface area contributed by atoms with Crippen LogP contribution in [0.1, 0.15) is 53.9 Å². The van der Waals surface area contributed by atoms with Gasteiger partial charge in [0, 0.05) is 6.04 Å². The fourth-order valence-corrected chi connectivity index (χ4v) is 2.14. The number of likely N-dealkylation sites (N-methyl/N-ethyl adjacent to an activating group) is 1. The minimum Gasteiger partial charge on any atom is -0.480 e. The highest BCUT2D eigenvalue weighted by atomic mass is 16.4. The molecule has 3 nitrogen and oxygen atoms in total. The van der Waals surface area contributed by atoms with Gasteiger partial charge in [0.2, 0.25) is 0 Å². The molecule has 0 saturated heterocycles. The van der Waals surface area contributed by atoms with Crippen molar-refractivity contribution >= 4 is 5.97 Å². The second-order valence-corrected chi connectivity index (χ2v) is 5.11. The lowest BCUT2D eigenvalue weighted by Crippen LogP contribution is -2.55. The van der Waals surface area contributed by atoms with E-state index in [0.717, 1.165) is 12.8 Å². The van der Waals surface area contributed by atoms with E-state index in [2.05, 4.69) is 13.8 Å². The Kier molecular flexibility index (Phi) is 6.01. The maximum atomic E-state index is 11.6. The van der Waals surface area contributed by atoms with Gasteiger partial charge >= 0.3 is 5.97 Å². The van der Waals surface area contributed by atoms with Gasteiger partial charge in [-0.25, -0.2) is 0 Å². The number of hydrogen-bond donors (Lipinski definition) is 1. The summed E-state index contributed by atoms with van der Waals surface area (Å²) in [6, 6.07) is 0.250. The lowest BCUT2D eigenvalue weighted by Gasteiger charge is -2.41. The van der Waals surface area contributed by atoms with Gasteiger partial charge in [0.15, 0.2) is 0 Å². The van der Waals surface area contributed by atoms with Gasteiger partial charge in [0.05, 0.1) is 0 Å². The van der Waals surface area contributed by atoms with Crippen molar-refractivity contribution in [2.24, 2.45) is 5.92 Å². The highest BCUT2D eigenvalue weighted by Gasteiger charge is 2.42. The first-order valence-corrected chi connectivity index (χ1v) is 6.28. The van der Waals surface area contributed by atoms with Crippen LogP contribution in [0.25, 0.3) is 0 Å². The summed E-state index contributed by atoms with van der Waals surface area (Å²) in [6.07, 6.45) is 2.41. The molecular weight excluding hydrogens is 202 g/mol. The molecule has 0 aliphatic heterocycles. The average molecular weight is 229 g/mol. The first-order chi connectivity index (χ1) is 7.31. The largest absolute Gasteiger partial charge is 0.480 e. The number of rotatable bonds is 7. The Morgan fingerprint density at radius 1 is 1.31 bits per heavy atom. The molecule has 16 heavy (non-hydrogen) atoms. The first-order valence-electron chi connectivity index (χ1n) is 6.28. The van der Waals surface area contributed by atoms with Crippen LogP contribution in [0.5, 0.6) is 0 Å². The van der Waals surface area contributed by atoms with Crippen LogP contribution in [0.2, 0.25) is 0 Å². The van der Waals surface area contributed by atoms with Gasteiger partial charge in [-0.3, -0.25) is 9.69 Å². The van der Waals surface area contributed by atoms with Crippen molar-refractivity contribution in [2.45, 2.75) is 65.5 Å². The third-order valence-electron chi connectivity index (χ3n) is 3.82. The molecule has 0 saturated carbocycles. The van der Waals surface area contributed by atoms with Crippen molar-refractivity contribution in [2.75, 3.05) is 7.05 Å². The molecule has 0 spiro atoms. The molecule has 96 valence electrons. The van der Waals surface area contributed by atoms with Crippen molar-refractivity contribution in [3.8, 4) is 0 Å². The van der Waals surface area contributed by atoms with Crippen LogP contribution in [-0.2, 0) is 4.79 Å². The number of nitrogens with zero attached hydrogens (tertiary/aromatic N) is 1. The van der Waals surface area contributed by atoms with Gasteiger partial charge < -0.3 is 5.11 Å². The molecular formula is C13H27NO2. The molecule has 0 aromatic rings. The van der Waals surface area contributed by atoms with E-state index in [-0.39, 0.29) is 6.04 Å². The molecule has 0 fully saturated rings. The Balaban J connectivity index is 5.07. The highest BCUT2D eigenvalue weighted by molar-refractivity contribution is 5.78. The SMILES string of the molecule is CCC(C)CC(CC)(C(=O)O)N(C)C(C)C. The number of hydrogen-bond acceptors (Lipinski definition) is 2. The molecule has 0 aliphatic rings. The molecule has 0 aromatic carbocycles. The molecule has 2 atom stereocenters. The van der Waals surface area contributed by atoms with E-state index in [1.54, 1.807) is 0 Å². The zero-order chi connectivity index (χ0) is 12.9. The van der Waals surface area contributed by atoms with Gasteiger partial charge in [0.25, 0.3) is 0 Å². The summed E-state index contributed by atoms with van der Waals surface area (Å²) in [6.45, 7) is 10.3. The van der Waals surface area contributed by atoms with Crippen LogP contribution >= 0.6 is 0 Å². The lowest BCUT2D eigenvalue weighted by atomic mass is 9.82. The molecule has 0 aromatic heterocycles. The van der Waals surface area contributed by atoms with Gasteiger partial charge in [-0.1, -0.05) is 27.2 Å². The second-order valence-electron chi connectivity index (χ2n) is 5.11. The summed E-state index contributed by atoms with van der Waals surface area (Å²) >= 11 is 0. The minimum absolute atomic E-state index is 0.250. The van der Waals surface area contributed by atoms with Crippen molar-refractivity contribution < 1.29 is 9.90 Å². The number of aliphatic carboxylic acids is 1. The van der Waals surface area contributed by atoms with Gasteiger partial charge in [-0.05, 0) is 39.7 Å². The Morgan fingerprint density at radius 3 is 2.06 bits per heavy atom. The first kappa shape index (κ1) is 15.4. The summed E-state index contributed by atoms with van der Waals surface area (Å²) < 4.78 is 0. The molecule has 0 bridgehead atoms. The normalized spacial score (nSPS) is 17.5. The Labute approximate surface area is 99.8 Å². The van der Waals surface area contributed by atoms with Crippen LogP contribution in [0.4, 0.5) is 0 Å². The van der Waals surface area contributed by atoms with Crippen LogP contribution in [0, 0.1) is 5.92 Å². The predicted molar refractivity (Wildman–Crippen MR) is 67.6 cm³/mol. The van der Waals surface area contributed by atoms with Crippen LogP contribution in [-0.4, -0.2) is 34.6 Å². The summed E-state index contributed by atoms with van der Waals surface area (Å²) in [4.78, 5) is 13.6. The molecule has 1 N–H and O–H groups in total. The molecule has 3 heteroatoms. The van der Waals surface area contributed by atoms with E-state index in [4.69, 9.17) is 0 Å². The number of carboxylic acids is 1. The zero-order valence-corrected chi connectivity index (χ0v) is 11.6. The van der Waals surface area contributed by atoms with Crippen molar-refractivity contribution in [3.63, 3.8) is 0 Å². The molecule has 0 rings (SSSR count). The lowest BCUT2D eigenvalue weighted by molar-refractivity contribution is -0.154. The summed E-state index contributed by atoms with van der Waals surface area (Å²) in [5, 5.41) is 9.55. The maximum absolute atomic E-state index is 11.6. The molecule has 2 unspecified atom stereocenters. The average Bonchev–Trinajstić information content (AvgIpc) is 2.23. The van der Waals surface area contributed by atoms with E-state index in [1.165, 1.54) is 0 Å². The van der Waals surface area contributed by atoms with E-state index in [9.17, 15) is 9.90 Å². The quantitative estimate of drug-likeness (QED) is 0.729. The van der Waals surface area contributed by atoms with E-state index < -0.39 is 11.5 Å². The summed E-state index contributed by atoms with van der Waals surface area (Å²) in [5.74, 6) is -0.247. The van der Waals surface area contributed by atoms with Crippen molar-refractivity contribution in [3.05, 3.63) is 0 Å². The van der Waals surface area contributed by atoms with Crippen LogP contribution < -0.4 is 0 Å². The molecule has 0 heterocycles. The van der Waals surface area contributed by atoms with Crippen molar-refractivity contribution in [1.82, 2.24) is 4.90 Å². The Morgan fingerprint density at radius 2 is 1.81 bits per heavy atom. The molecule has 0 amide bonds. The molecule has 0 radical (unpaired) electrons. The topological polar surface area (TPSA) is 40.5 Å². The van der Waals surface area contributed by atoms with Gasteiger partial charge in [0.1, 0.15) is 5.54 Å². The fourth-order valence-electron chi connectivity index (χ4n) is 2.14. The predicted octanol–water partition coefficient (Wildman–Crippen LogP) is 3.00. The highest BCUT2D eigenvalue weighted by Crippen LogP contribution is 2.30. The number of carbonyl (C=O) groups is 1. The summed E-state index contributed by atoms with van der Waals surface area (Å²) in [7, 11) is 1.92. The van der Waals surface area contributed by atoms with Gasteiger partial charge in [-0.15, -0.1) is 0 Å². The van der Waals surface area contributed by atoms with E-state index in [0.29, 0.717) is 12.3 Å². The van der Waals surface area contributed by atoms with Crippen LogP contribution in [0.15, 0.2) is 0 Å². The van der Waals surface area contributed by atoms with Gasteiger partial charge in [-0.2, -0.15) is 0 Å². The standard InChI is InChI=1S/C13H27NO2/c1-7-11(5)9-13(8-2,12(15)16)14(6)10(3)4/h10-11H,7-9H2,1-6H3,(H,15,16). The number of carboxylic acid groups (broad SMARTS) is 1. The smallest absolute Gasteiger partial charge is 0.324 e. The van der Waals surface area contributed by atoms with Crippen molar-refractivity contribution in [1.29, 1.82) is 0 Å². The maximum Gasteiger partial charge on any atom is 0.324 e. The third kappa shape index (κ3) is 3.21. The van der Waals surface area contributed by atoms with E-state index >= 15 is 0 Å². The zero-order valence-electron chi connectivity index (χ0n) is 11.6. The van der Waals surface area contributed by atoms with Crippen LogP contribution in [0.3, 0.4) is 0 Å². The fraction of sp³-hybridized carbons (Fsp3) is 0.923. The second kappa shape index (κ2) is 6.24. The third-order valence-corrected chi connectivity index (χ3v) is 3.82. The minimum atomic E-state index is -0.705. The van der Waals surface area contributed by atoms with E-state index in [1.807, 2.05) is 32.7 Å². The Bertz CT molecular complexity index is 228. The summed E-state index contributed by atoms with van der Waals surface area (Å²) in [5.41, 5.74) is -0.705. The monoisotopic (exact) mass is 229 g/mol. The Hall–Kier alpha value is -0.570.